The lowest BCUT2D eigenvalue weighted by atomic mass is 9.95. The number of likely N-dealkylation sites (N-methyl/N-ethyl adjacent to an activating group) is 1. The topological polar surface area (TPSA) is 211 Å². The van der Waals surface area contributed by atoms with Gasteiger partial charge in [0.25, 0.3) is 5.91 Å². The van der Waals surface area contributed by atoms with Crippen LogP contribution in [0, 0.1) is 5.92 Å². The predicted molar refractivity (Wildman–Crippen MR) is 204 cm³/mol. The Labute approximate surface area is 322 Å². The molecule has 16 nitrogen and oxygen atoms in total. The van der Waals surface area contributed by atoms with E-state index < -0.39 is 11.9 Å². The van der Waals surface area contributed by atoms with Gasteiger partial charge in [-0.3, -0.25) is 29.3 Å². The molecule has 2 aromatic carbocycles. The first-order valence-electron chi connectivity index (χ1n) is 18.7. The molecule has 3 aromatic rings. The molecule has 0 saturated carbocycles. The number of carbonyl (C=O) groups is 5. The second kappa shape index (κ2) is 15.4. The van der Waals surface area contributed by atoms with Gasteiger partial charge >= 0.3 is 6.01 Å². The van der Waals surface area contributed by atoms with E-state index >= 15 is 0 Å². The van der Waals surface area contributed by atoms with Crippen LogP contribution in [0.25, 0.3) is 17.1 Å². The fraction of sp³-hybridized carbons (Fsp3) is 0.375. The van der Waals surface area contributed by atoms with Crippen LogP contribution in [-0.2, 0) is 25.7 Å². The molecule has 16 heteroatoms. The number of rotatable bonds is 12. The van der Waals surface area contributed by atoms with E-state index in [4.69, 9.17) is 0 Å². The minimum Gasteiger partial charge on any atom is -0.508 e. The number of aromatic hydroxyl groups is 3. The Morgan fingerprint density at radius 2 is 1.84 bits per heavy atom. The molecular formula is C40H44N8O8. The monoisotopic (exact) mass is 764 g/mol. The second-order valence-corrected chi connectivity index (χ2v) is 14.8. The van der Waals surface area contributed by atoms with Crippen LogP contribution in [-0.4, -0.2) is 107 Å². The smallest absolute Gasteiger partial charge is 0.319 e. The van der Waals surface area contributed by atoms with E-state index in [9.17, 15) is 39.3 Å². The van der Waals surface area contributed by atoms with Gasteiger partial charge in [-0.25, -0.2) is 4.57 Å². The molecule has 0 bridgehead atoms. The Kier molecular flexibility index (Phi) is 10.4. The molecule has 0 spiro atoms. The van der Waals surface area contributed by atoms with Crippen molar-refractivity contribution < 1.29 is 39.3 Å². The lowest BCUT2D eigenvalue weighted by Gasteiger charge is -2.30. The van der Waals surface area contributed by atoms with Crippen LogP contribution in [0.1, 0.15) is 73.4 Å². The van der Waals surface area contributed by atoms with E-state index in [1.54, 1.807) is 36.2 Å². The first-order valence-corrected chi connectivity index (χ1v) is 18.7. The number of hydrogen-bond donors (Lipinski definition) is 5. The number of imide groups is 1. The van der Waals surface area contributed by atoms with E-state index in [1.807, 2.05) is 44.4 Å². The number of phenols is 2. The van der Waals surface area contributed by atoms with Crippen molar-refractivity contribution >= 4 is 40.9 Å². The lowest BCUT2D eigenvalue weighted by molar-refractivity contribution is -0.137. The Bertz CT molecular complexity index is 2210. The Morgan fingerprint density at radius 1 is 1.04 bits per heavy atom. The van der Waals surface area contributed by atoms with Gasteiger partial charge in [-0.2, -0.15) is 0 Å². The maximum Gasteiger partial charge on any atom is 0.319 e. The number of carbonyl (C=O) groups excluding carboxylic acids is 5. The lowest BCUT2D eigenvalue weighted by Crippen LogP contribution is -2.52. The summed E-state index contributed by atoms with van der Waals surface area (Å²) >= 11 is 0. The Morgan fingerprint density at radius 3 is 2.61 bits per heavy atom. The molecule has 5 amide bonds. The Hall–Kier alpha value is -6.45. The number of hydrogen-bond acceptors (Lipinski definition) is 11. The third kappa shape index (κ3) is 7.33. The third-order valence-corrected chi connectivity index (χ3v) is 10.8. The number of piperidine rings is 1. The van der Waals surface area contributed by atoms with Crippen molar-refractivity contribution in [3.8, 4) is 28.9 Å². The summed E-state index contributed by atoms with van der Waals surface area (Å²) in [6.45, 7) is 4.99. The van der Waals surface area contributed by atoms with Crippen LogP contribution in [0.4, 0.5) is 5.69 Å². The fourth-order valence-electron chi connectivity index (χ4n) is 7.68. The molecule has 4 heterocycles. The number of nitrogens with one attached hydrogen (secondary N) is 2. The van der Waals surface area contributed by atoms with Crippen molar-refractivity contribution in [3.05, 3.63) is 77.5 Å². The molecular weight excluding hydrogens is 720 g/mol. The number of fused-ring (bicyclic) bond motifs is 2. The molecule has 7 rings (SSSR count). The molecule has 1 aromatic heterocycles. The summed E-state index contributed by atoms with van der Waals surface area (Å²) in [6.07, 6.45) is 10.8. The van der Waals surface area contributed by atoms with Gasteiger partial charge in [0.05, 0.1) is 11.6 Å². The number of amides is 5. The molecule has 0 radical (unpaired) electrons. The van der Waals surface area contributed by atoms with Gasteiger partial charge in [-0.1, -0.05) is 43.2 Å². The molecule has 4 aliphatic rings. The zero-order chi connectivity index (χ0) is 39.8. The first kappa shape index (κ1) is 37.8. The maximum absolute atomic E-state index is 13.1. The molecule has 3 atom stereocenters. The molecule has 3 aliphatic heterocycles. The van der Waals surface area contributed by atoms with Gasteiger partial charge in [-0.05, 0) is 54.8 Å². The van der Waals surface area contributed by atoms with Gasteiger partial charge in [0.15, 0.2) is 5.82 Å². The minimum atomic E-state index is -0.755. The molecule has 3 unspecified atom stereocenters. The normalized spacial score (nSPS) is 20.0. The number of anilines is 1. The van der Waals surface area contributed by atoms with E-state index in [2.05, 4.69) is 25.7 Å². The third-order valence-electron chi connectivity index (χ3n) is 10.8. The van der Waals surface area contributed by atoms with E-state index in [1.165, 1.54) is 15.5 Å². The largest absolute Gasteiger partial charge is 0.508 e. The average molecular weight is 765 g/mol. The molecule has 5 N–H and O–H groups in total. The van der Waals surface area contributed by atoms with Crippen LogP contribution in [0.15, 0.2) is 60.8 Å². The van der Waals surface area contributed by atoms with Gasteiger partial charge < -0.3 is 35.3 Å². The van der Waals surface area contributed by atoms with Crippen molar-refractivity contribution in [1.82, 2.24) is 34.8 Å². The van der Waals surface area contributed by atoms with Crippen LogP contribution in [0.5, 0.6) is 17.5 Å². The minimum absolute atomic E-state index is 0.0199. The summed E-state index contributed by atoms with van der Waals surface area (Å²) in [7, 11) is 1.73. The van der Waals surface area contributed by atoms with Crippen LogP contribution in [0.2, 0.25) is 0 Å². The summed E-state index contributed by atoms with van der Waals surface area (Å²) in [5.41, 5.74) is 3.05. The summed E-state index contributed by atoms with van der Waals surface area (Å²) in [4.78, 5) is 68.3. The summed E-state index contributed by atoms with van der Waals surface area (Å²) in [6, 6.07) is 6.82. The van der Waals surface area contributed by atoms with E-state index in [0.29, 0.717) is 53.1 Å². The quantitative estimate of drug-likeness (QED) is 0.169. The number of allylic oxidation sites excluding steroid dienone is 2. The molecule has 1 aliphatic carbocycles. The molecule has 1 fully saturated rings. The summed E-state index contributed by atoms with van der Waals surface area (Å²) in [5, 5.41) is 44.8. The van der Waals surface area contributed by atoms with Crippen LogP contribution >= 0.6 is 0 Å². The van der Waals surface area contributed by atoms with Crippen LogP contribution in [0.3, 0.4) is 0 Å². The number of aromatic nitrogens is 3. The summed E-state index contributed by atoms with van der Waals surface area (Å²) in [5.74, 6) is -1.65. The van der Waals surface area contributed by atoms with Crippen molar-refractivity contribution in [3.63, 3.8) is 0 Å². The maximum atomic E-state index is 13.1. The number of phenolic OH excluding ortho intramolecular Hbond substituents is 2. The van der Waals surface area contributed by atoms with E-state index in [0.717, 1.165) is 0 Å². The molecule has 56 heavy (non-hydrogen) atoms. The van der Waals surface area contributed by atoms with Crippen molar-refractivity contribution in [1.29, 1.82) is 0 Å². The number of benzene rings is 2. The van der Waals surface area contributed by atoms with Gasteiger partial charge in [-0.15, -0.1) is 5.10 Å². The highest BCUT2D eigenvalue weighted by atomic mass is 16.3. The predicted octanol–water partition coefficient (Wildman–Crippen LogP) is 3.44. The average Bonchev–Trinajstić information content (AvgIpc) is 3.85. The zero-order valence-corrected chi connectivity index (χ0v) is 31.3. The van der Waals surface area contributed by atoms with E-state index in [-0.39, 0.29) is 97.1 Å². The van der Waals surface area contributed by atoms with Crippen molar-refractivity contribution in [2.75, 3.05) is 25.5 Å². The van der Waals surface area contributed by atoms with Gasteiger partial charge in [0, 0.05) is 80.4 Å². The standard InChI is InChI=1S/C40H44N8O8/c1-22(2)26-19-27(33(50)20-32(26)49)37-43-44-40(56)48(37)24-10-11-30-23(18-24)14-15-46(30)17-16-45(3)36(53)9-5-8-34(51)41-29-7-4-6-25-28(29)21-47(39(25)55)31-12-13-35(52)42-38(31)54/h4,6-7,10-11,14-15,18-20,22-23,30-31,49-50H,5,8-9,12-13,16-17,21H2,1-3H3,(H,41,51)(H,44,56)(H,42,52,54). The highest BCUT2D eigenvalue weighted by molar-refractivity contribution is 6.06. The highest BCUT2D eigenvalue weighted by Gasteiger charge is 2.40. The fourth-order valence-corrected chi connectivity index (χ4v) is 7.68. The molecule has 292 valence electrons. The molecule has 1 saturated heterocycles. The zero-order valence-electron chi connectivity index (χ0n) is 31.3. The Balaban J connectivity index is 0.890. The van der Waals surface area contributed by atoms with Crippen molar-refractivity contribution in [2.24, 2.45) is 5.92 Å². The van der Waals surface area contributed by atoms with Crippen LogP contribution < -0.4 is 10.6 Å². The first-order chi connectivity index (χ1) is 26.8. The SMILES string of the molecule is CC(C)c1cc(-c2nnc(O)n2C2=CC3C=CN(CCN(C)C(=O)CCCC(=O)Nc4cccc5c4CN(C4CCC(=O)NC4=O)C5=O)C3C=C2)c(O)cc1O. The highest BCUT2D eigenvalue weighted by Crippen LogP contribution is 2.40. The summed E-state index contributed by atoms with van der Waals surface area (Å²) < 4.78 is 1.46. The number of nitrogens with zero attached hydrogens (tertiary/aromatic N) is 6. The van der Waals surface area contributed by atoms with Gasteiger partial charge in [0.1, 0.15) is 17.5 Å². The van der Waals surface area contributed by atoms with Crippen molar-refractivity contribution in [2.45, 2.75) is 70.5 Å². The second-order valence-electron chi connectivity index (χ2n) is 14.8. The van der Waals surface area contributed by atoms with Gasteiger partial charge in [0.2, 0.25) is 23.6 Å².